The van der Waals surface area contributed by atoms with Gasteiger partial charge in [-0.25, -0.2) is 28.7 Å². The van der Waals surface area contributed by atoms with Crippen LogP contribution in [0.5, 0.6) is 0 Å². The van der Waals surface area contributed by atoms with E-state index in [0.717, 1.165) is 13.0 Å². The third-order valence-corrected chi connectivity index (χ3v) is 11.6. The second kappa shape index (κ2) is 41.7. The quantitative estimate of drug-likeness (QED) is 0.0135. The predicted molar refractivity (Wildman–Crippen MR) is 273 cm³/mol. The minimum atomic E-state index is -5.13. The van der Waals surface area contributed by atoms with Gasteiger partial charge in [-0.15, -0.1) is 0 Å². The molecule has 79 heavy (non-hydrogen) atoms. The Hall–Kier alpha value is -4.20. The molecule has 462 valence electrons. The van der Waals surface area contributed by atoms with Crippen molar-refractivity contribution in [3.8, 4) is 0 Å². The fraction of sp³-hybridized carbons (Fsp3) is 0.857. The number of carbonyl (C=O) groups excluding carboxylic acids is 6. The molecule has 29 nitrogen and oxygen atoms in total. The van der Waals surface area contributed by atoms with E-state index >= 15 is 0 Å². The number of carboxylic acids is 1. The molecule has 0 heterocycles. The van der Waals surface area contributed by atoms with Crippen LogP contribution in [-0.4, -0.2) is 217 Å². The van der Waals surface area contributed by atoms with Gasteiger partial charge in [-0.05, 0) is 58.9 Å². The molecule has 0 aliphatic rings. The van der Waals surface area contributed by atoms with Gasteiger partial charge in [0.05, 0.1) is 77.7 Å². The van der Waals surface area contributed by atoms with Crippen molar-refractivity contribution in [2.45, 2.75) is 168 Å². The summed E-state index contributed by atoms with van der Waals surface area (Å²) >= 11 is 0. The summed E-state index contributed by atoms with van der Waals surface area (Å²) in [5.41, 5.74) is -2.85. The number of phosphoric ester groups is 1. The highest BCUT2D eigenvalue weighted by Gasteiger charge is 2.40. The lowest BCUT2D eigenvalue weighted by molar-refractivity contribution is -0.333. The molecule has 0 aliphatic heterocycles. The fourth-order valence-corrected chi connectivity index (χ4v) is 7.11. The molecule has 0 saturated heterocycles. The van der Waals surface area contributed by atoms with Crippen LogP contribution in [0.25, 0.3) is 0 Å². The standard InChI is InChI=1S/C49H89N2O27P/c1-10-16-71-48(62)76-41(46(59)70-18-15-52)20-42(55)75-40(30-73-45(58)34(8)13-12-33(7)44(57)51-32(5)6)28-68-27-39(26-67-24-37(54)25-74-77-35(9)19-36(11-2)22-50-31(3)4)69-17-14-49(63,47(60)61)21-43(56)72-29-38(23-53)78-79(64,65)66/h31-41,50,52-54,63H,10-30H2,1-9H3,(H,51,57)(H,60,61)(H2,64,65,66). The topological polar surface area (TPSA) is 413 Å². The van der Waals surface area contributed by atoms with Gasteiger partial charge in [-0.2, -0.15) is 0 Å². The fourth-order valence-electron chi connectivity index (χ4n) is 6.59. The molecule has 0 aromatic carbocycles. The smallest absolute Gasteiger partial charge is 0.479 e. The largest absolute Gasteiger partial charge is 0.509 e. The molecule has 1 amide bonds. The highest BCUT2D eigenvalue weighted by molar-refractivity contribution is 7.46. The zero-order valence-electron chi connectivity index (χ0n) is 46.9. The third-order valence-electron chi connectivity index (χ3n) is 11.0. The number of carboxylic acid groups (broad SMARTS) is 1. The van der Waals surface area contributed by atoms with Crippen LogP contribution in [0.4, 0.5) is 4.79 Å². The van der Waals surface area contributed by atoms with Gasteiger partial charge in [0.2, 0.25) is 12.0 Å². The maximum Gasteiger partial charge on any atom is 0.509 e. The van der Waals surface area contributed by atoms with Gasteiger partial charge in [0.1, 0.15) is 44.7 Å². The Bertz CT molecular complexity index is 1810. The van der Waals surface area contributed by atoms with Gasteiger partial charge in [-0.1, -0.05) is 48.0 Å². The first kappa shape index (κ1) is 74.8. The van der Waals surface area contributed by atoms with Gasteiger partial charge in [0.15, 0.2) is 11.7 Å². The van der Waals surface area contributed by atoms with E-state index < -0.39 is 171 Å². The number of esters is 4. The summed E-state index contributed by atoms with van der Waals surface area (Å²) in [6.07, 6.45) is -9.59. The lowest BCUT2D eigenvalue weighted by atomic mass is 9.96. The van der Waals surface area contributed by atoms with E-state index in [1.54, 1.807) is 34.6 Å². The first-order chi connectivity index (χ1) is 37.1. The number of hydrogen-bond donors (Lipinski definition) is 9. The first-order valence-corrected chi connectivity index (χ1v) is 27.8. The van der Waals surface area contributed by atoms with Crippen LogP contribution in [-0.2, 0) is 90.3 Å². The van der Waals surface area contributed by atoms with E-state index in [1.807, 2.05) is 20.8 Å². The van der Waals surface area contributed by atoms with Crippen molar-refractivity contribution in [1.82, 2.24) is 10.6 Å². The SMILES string of the molecule is CCCOC(=O)OC(CC(=O)OC(COCC(COCC(O)COOC(C)CC(CC)CNC(C)C)OCCC(O)(CC(=O)OCC(CO)OP(=O)(O)O)C(=O)O)COC(=O)C(C)CCC(C)C(=O)NC(C)C)C(=O)OCCO. The Morgan fingerprint density at radius 1 is 0.684 bits per heavy atom. The summed E-state index contributed by atoms with van der Waals surface area (Å²) in [4.78, 5) is 118. The van der Waals surface area contributed by atoms with Crippen molar-refractivity contribution in [2.24, 2.45) is 17.8 Å². The molecule has 0 aromatic rings. The molecule has 0 spiro atoms. The number of aliphatic hydroxyl groups excluding tert-OH is 3. The number of nitrogens with one attached hydrogen (secondary N) is 2. The summed E-state index contributed by atoms with van der Waals surface area (Å²) in [5, 5.41) is 56.2. The molecule has 0 rings (SSSR count). The number of rotatable bonds is 47. The molecule has 0 saturated carbocycles. The van der Waals surface area contributed by atoms with E-state index in [1.165, 1.54) is 0 Å². The molecule has 9 N–H and O–H groups in total. The highest BCUT2D eigenvalue weighted by atomic mass is 31.2. The Morgan fingerprint density at radius 2 is 1.32 bits per heavy atom. The van der Waals surface area contributed by atoms with E-state index in [0.29, 0.717) is 31.2 Å². The average Bonchev–Trinajstić information content (AvgIpc) is 3.36. The molecular weight excluding hydrogens is 1080 g/mol. The predicted octanol–water partition coefficient (Wildman–Crippen LogP) is 1.02. The number of carbonyl (C=O) groups is 7. The average molecular weight is 1170 g/mol. The molecule has 0 aromatic heterocycles. The summed E-state index contributed by atoms with van der Waals surface area (Å²) in [6, 6.07) is 0.200. The van der Waals surface area contributed by atoms with Crippen molar-refractivity contribution in [2.75, 3.05) is 85.8 Å². The van der Waals surface area contributed by atoms with Crippen LogP contribution in [0.15, 0.2) is 0 Å². The van der Waals surface area contributed by atoms with Gasteiger partial charge in [0, 0.05) is 24.4 Å². The van der Waals surface area contributed by atoms with Gasteiger partial charge in [0.25, 0.3) is 0 Å². The molecule has 0 bridgehead atoms. The molecule has 10 unspecified atom stereocenters. The first-order valence-electron chi connectivity index (χ1n) is 26.3. The Balaban J connectivity index is 6.41. The van der Waals surface area contributed by atoms with E-state index in [9.17, 15) is 58.6 Å². The lowest BCUT2D eigenvalue weighted by Crippen LogP contribution is -2.43. The molecule has 0 aliphatic carbocycles. The van der Waals surface area contributed by atoms with Crippen LogP contribution in [0, 0.1) is 17.8 Å². The number of ether oxygens (including phenoxy) is 9. The van der Waals surface area contributed by atoms with Gasteiger partial charge < -0.3 is 88.6 Å². The number of hydrogen-bond acceptors (Lipinski definition) is 25. The van der Waals surface area contributed by atoms with Crippen LogP contribution < -0.4 is 10.6 Å². The Kier molecular flexibility index (Phi) is 39.5. The van der Waals surface area contributed by atoms with Crippen molar-refractivity contribution < 1.29 is 130 Å². The summed E-state index contributed by atoms with van der Waals surface area (Å²) in [5.74, 6) is -7.52. The molecular formula is C49H89N2O27P. The summed E-state index contributed by atoms with van der Waals surface area (Å²) in [7, 11) is -5.13. The zero-order valence-corrected chi connectivity index (χ0v) is 47.8. The van der Waals surface area contributed by atoms with Crippen molar-refractivity contribution >= 4 is 49.7 Å². The molecule has 0 radical (unpaired) electrons. The van der Waals surface area contributed by atoms with Gasteiger partial charge in [-0.3, -0.25) is 23.7 Å². The van der Waals surface area contributed by atoms with Crippen LogP contribution >= 0.6 is 7.82 Å². The number of phosphoric acid groups is 1. The normalized spacial score (nSPS) is 16.0. The van der Waals surface area contributed by atoms with E-state index in [-0.39, 0.29) is 44.3 Å². The molecule has 10 atom stereocenters. The van der Waals surface area contributed by atoms with Crippen LogP contribution in [0.2, 0.25) is 0 Å². The number of aliphatic hydroxyl groups is 4. The lowest BCUT2D eigenvalue weighted by Gasteiger charge is -2.25. The highest BCUT2D eigenvalue weighted by Crippen LogP contribution is 2.37. The molecule has 30 heteroatoms. The van der Waals surface area contributed by atoms with Crippen molar-refractivity contribution in [3.63, 3.8) is 0 Å². The minimum absolute atomic E-state index is 0.0890. The summed E-state index contributed by atoms with van der Waals surface area (Å²) < 4.78 is 63.2. The van der Waals surface area contributed by atoms with Gasteiger partial charge >= 0.3 is 43.8 Å². The number of aliphatic carboxylic acids is 1. The zero-order chi connectivity index (χ0) is 60.1. The second-order valence-corrected chi connectivity index (χ2v) is 20.6. The number of amides is 1. The van der Waals surface area contributed by atoms with Crippen molar-refractivity contribution in [1.29, 1.82) is 0 Å². The Labute approximate surface area is 461 Å². The summed E-state index contributed by atoms with van der Waals surface area (Å²) in [6.45, 7) is 10.7. The van der Waals surface area contributed by atoms with E-state index in [2.05, 4.69) is 22.1 Å². The molecule has 0 fully saturated rings. The maximum atomic E-state index is 13.4. The maximum absolute atomic E-state index is 13.4. The second-order valence-electron chi connectivity index (χ2n) is 19.4. The van der Waals surface area contributed by atoms with Crippen LogP contribution in [0.3, 0.4) is 0 Å². The van der Waals surface area contributed by atoms with E-state index in [4.69, 9.17) is 67.3 Å². The minimum Gasteiger partial charge on any atom is -0.479 e. The monoisotopic (exact) mass is 1170 g/mol. The third kappa shape index (κ3) is 37.4. The van der Waals surface area contributed by atoms with Crippen molar-refractivity contribution in [3.05, 3.63) is 0 Å². The van der Waals surface area contributed by atoms with Crippen LogP contribution in [0.1, 0.15) is 114 Å². The Morgan fingerprint density at radius 3 is 1.90 bits per heavy atom.